The monoisotopic (exact) mass is 572 g/mol. The highest BCUT2D eigenvalue weighted by atomic mass is 16.5. The fourth-order valence-corrected chi connectivity index (χ4v) is 5.88. The summed E-state index contributed by atoms with van der Waals surface area (Å²) in [5, 5.41) is 4.01. The summed E-state index contributed by atoms with van der Waals surface area (Å²) in [7, 11) is 5.06. The molecule has 0 radical (unpaired) electrons. The van der Waals surface area contributed by atoms with Crippen molar-refractivity contribution < 1.29 is 14.3 Å². The maximum Gasteiger partial charge on any atom is 0.317 e. The summed E-state index contributed by atoms with van der Waals surface area (Å²) < 4.78 is 10.0. The quantitative estimate of drug-likeness (QED) is 0.346. The second-order valence-corrected chi connectivity index (χ2v) is 12.0. The largest absolute Gasteiger partial charge is 0.482 e. The summed E-state index contributed by atoms with van der Waals surface area (Å²) in [5.74, 6) is 1.11. The minimum absolute atomic E-state index is 0.00310. The van der Waals surface area contributed by atoms with Gasteiger partial charge in [0.2, 0.25) is 0 Å². The first-order valence-corrected chi connectivity index (χ1v) is 14.7. The minimum atomic E-state index is -0.247. The van der Waals surface area contributed by atoms with Crippen LogP contribution in [-0.2, 0) is 6.54 Å². The van der Waals surface area contributed by atoms with Gasteiger partial charge in [-0.1, -0.05) is 0 Å². The smallest absolute Gasteiger partial charge is 0.317 e. The highest BCUT2D eigenvalue weighted by molar-refractivity contribution is 5.96. The second-order valence-electron chi connectivity index (χ2n) is 12.0. The van der Waals surface area contributed by atoms with E-state index in [-0.39, 0.29) is 24.0 Å². The SMILES string of the molecule is COc1cc(C(=O)N2CCC[C@@H](N)C2)cc2nc(-c3cc4ccc([C@@H](C)NC(=O)N(C)C)nc4n3CC3CC3)c(C)n12. The average molecular weight is 573 g/mol. The summed E-state index contributed by atoms with van der Waals surface area (Å²) >= 11 is 0. The summed E-state index contributed by atoms with van der Waals surface area (Å²) in [4.78, 5) is 39.2. The number of methoxy groups -OCH3 is 1. The first kappa shape index (κ1) is 28.0. The number of nitrogens with zero attached hydrogens (tertiary/aromatic N) is 6. The highest BCUT2D eigenvalue weighted by Crippen LogP contribution is 2.37. The van der Waals surface area contributed by atoms with Gasteiger partial charge in [0.15, 0.2) is 5.88 Å². The molecule has 0 unspecified atom stereocenters. The van der Waals surface area contributed by atoms with Crippen LogP contribution >= 0.6 is 0 Å². The van der Waals surface area contributed by atoms with Crippen molar-refractivity contribution >= 4 is 28.6 Å². The fraction of sp³-hybridized carbons (Fsp3) is 0.484. The lowest BCUT2D eigenvalue weighted by molar-refractivity contribution is 0.0708. The summed E-state index contributed by atoms with van der Waals surface area (Å²) in [5.41, 5.74) is 11.8. The number of nitrogens with one attached hydrogen (secondary N) is 1. The molecule has 11 nitrogen and oxygen atoms in total. The molecule has 4 aromatic rings. The lowest BCUT2D eigenvalue weighted by Crippen LogP contribution is -2.45. The van der Waals surface area contributed by atoms with E-state index >= 15 is 0 Å². The van der Waals surface area contributed by atoms with E-state index in [0.717, 1.165) is 53.2 Å². The topological polar surface area (TPSA) is 123 Å². The molecule has 5 heterocycles. The fourth-order valence-electron chi connectivity index (χ4n) is 5.88. The molecular weight excluding hydrogens is 532 g/mol. The lowest BCUT2D eigenvalue weighted by atomic mass is 10.1. The van der Waals surface area contributed by atoms with Crippen LogP contribution in [0.4, 0.5) is 4.79 Å². The van der Waals surface area contributed by atoms with E-state index in [9.17, 15) is 9.59 Å². The van der Waals surface area contributed by atoms with E-state index in [2.05, 4.69) is 22.0 Å². The normalized spacial score (nSPS) is 18.0. The Balaban J connectivity index is 1.43. The zero-order chi connectivity index (χ0) is 29.7. The number of rotatable bonds is 7. The van der Waals surface area contributed by atoms with Crippen molar-refractivity contribution in [2.45, 2.75) is 58.2 Å². The molecular formula is C31H40N8O3. The first-order chi connectivity index (χ1) is 20.1. The first-order valence-electron chi connectivity index (χ1n) is 14.7. The van der Waals surface area contributed by atoms with Crippen LogP contribution in [0.2, 0.25) is 0 Å². The van der Waals surface area contributed by atoms with E-state index in [4.69, 9.17) is 20.4 Å². The third-order valence-electron chi connectivity index (χ3n) is 8.45. The molecule has 2 aliphatic rings. The molecule has 1 aliphatic heterocycles. The summed E-state index contributed by atoms with van der Waals surface area (Å²) in [6, 6.07) is 9.42. The van der Waals surface area contributed by atoms with Crippen molar-refractivity contribution in [3.63, 3.8) is 0 Å². The van der Waals surface area contributed by atoms with Crippen molar-refractivity contribution in [3.05, 3.63) is 47.3 Å². The molecule has 3 amide bonds. The van der Waals surface area contributed by atoms with Gasteiger partial charge in [0.25, 0.3) is 5.91 Å². The Morgan fingerprint density at radius 1 is 1.17 bits per heavy atom. The van der Waals surface area contributed by atoms with Crippen LogP contribution in [0.15, 0.2) is 30.3 Å². The zero-order valence-corrected chi connectivity index (χ0v) is 25.1. The third kappa shape index (κ3) is 5.17. The summed E-state index contributed by atoms with van der Waals surface area (Å²) in [6.45, 7) is 6.07. The average Bonchev–Trinajstić information content (AvgIpc) is 3.65. The Kier molecular flexibility index (Phi) is 7.30. The van der Waals surface area contributed by atoms with Gasteiger partial charge in [-0.2, -0.15) is 0 Å². The van der Waals surface area contributed by atoms with Gasteiger partial charge in [0.1, 0.15) is 17.0 Å². The van der Waals surface area contributed by atoms with E-state index in [0.29, 0.717) is 36.1 Å². The molecule has 3 N–H and O–H groups in total. The molecule has 11 heteroatoms. The molecule has 1 saturated heterocycles. The van der Waals surface area contributed by atoms with Gasteiger partial charge in [0.05, 0.1) is 30.2 Å². The maximum atomic E-state index is 13.4. The number of urea groups is 1. The molecule has 222 valence electrons. The van der Waals surface area contributed by atoms with Gasteiger partial charge in [-0.3, -0.25) is 9.20 Å². The number of hydrogen-bond donors (Lipinski definition) is 2. The van der Waals surface area contributed by atoms with E-state index in [1.165, 1.54) is 17.7 Å². The van der Waals surface area contributed by atoms with E-state index in [1.807, 2.05) is 35.3 Å². The third-order valence-corrected chi connectivity index (χ3v) is 8.45. The molecule has 2 atom stereocenters. The predicted octanol–water partition coefficient (Wildman–Crippen LogP) is 3.97. The predicted molar refractivity (Wildman–Crippen MR) is 162 cm³/mol. The molecule has 1 saturated carbocycles. The van der Waals surface area contributed by atoms with Crippen molar-refractivity contribution in [1.82, 2.24) is 34.1 Å². The Bertz CT molecular complexity index is 1670. The van der Waals surface area contributed by atoms with E-state index < -0.39 is 0 Å². The maximum absolute atomic E-state index is 13.4. The number of carbonyl (C=O) groups excluding carboxylic acids is 2. The molecule has 2 fully saturated rings. The Morgan fingerprint density at radius 3 is 2.64 bits per heavy atom. The van der Waals surface area contributed by atoms with Gasteiger partial charge < -0.3 is 30.2 Å². The molecule has 0 aromatic carbocycles. The van der Waals surface area contributed by atoms with Crippen LogP contribution in [0.1, 0.15) is 60.4 Å². The van der Waals surface area contributed by atoms with Crippen LogP contribution in [0, 0.1) is 12.8 Å². The van der Waals surface area contributed by atoms with Gasteiger partial charge in [-0.25, -0.2) is 14.8 Å². The zero-order valence-electron chi connectivity index (χ0n) is 25.1. The number of likely N-dealkylation sites (tertiary alicyclic amines) is 1. The number of fused-ring (bicyclic) bond motifs is 2. The molecule has 6 rings (SSSR count). The highest BCUT2D eigenvalue weighted by Gasteiger charge is 2.28. The number of amides is 3. The van der Waals surface area contributed by atoms with Crippen LogP contribution < -0.4 is 15.8 Å². The second kappa shape index (κ2) is 10.9. The Labute approximate surface area is 245 Å². The number of imidazole rings is 1. The number of carbonyl (C=O) groups is 2. The number of nitrogens with two attached hydrogens (primary N) is 1. The minimum Gasteiger partial charge on any atom is -0.482 e. The molecule has 4 aromatic heterocycles. The van der Waals surface area contributed by atoms with Gasteiger partial charge in [0, 0.05) is 56.8 Å². The van der Waals surface area contributed by atoms with E-state index in [1.54, 1.807) is 27.3 Å². The summed E-state index contributed by atoms with van der Waals surface area (Å²) in [6.07, 6.45) is 4.22. The number of aryl methyl sites for hydroxylation is 1. The lowest BCUT2D eigenvalue weighted by Gasteiger charge is -2.30. The molecule has 0 bridgehead atoms. The van der Waals surface area contributed by atoms with Gasteiger partial charge in [-0.05, 0) is 69.7 Å². The number of piperidine rings is 1. The Morgan fingerprint density at radius 2 is 1.95 bits per heavy atom. The van der Waals surface area contributed by atoms with Crippen molar-refractivity contribution in [2.24, 2.45) is 11.7 Å². The Hall–Kier alpha value is -4.12. The van der Waals surface area contributed by atoms with Crippen LogP contribution in [0.5, 0.6) is 5.88 Å². The van der Waals surface area contributed by atoms with Gasteiger partial charge in [-0.15, -0.1) is 0 Å². The molecule has 0 spiro atoms. The molecule has 42 heavy (non-hydrogen) atoms. The number of hydrogen-bond acceptors (Lipinski definition) is 6. The van der Waals surface area contributed by atoms with Crippen molar-refractivity contribution in [2.75, 3.05) is 34.3 Å². The number of ether oxygens (including phenoxy) is 1. The van der Waals surface area contributed by atoms with Crippen molar-refractivity contribution in [3.8, 4) is 17.3 Å². The number of pyridine rings is 2. The molecule has 1 aliphatic carbocycles. The van der Waals surface area contributed by atoms with Crippen LogP contribution in [-0.4, -0.2) is 81.0 Å². The van der Waals surface area contributed by atoms with Crippen molar-refractivity contribution in [1.29, 1.82) is 0 Å². The standard InChI is InChI=1S/C31H40N8O3/c1-18(33-31(41)36(3)4)24-11-10-21-13-25(38(29(21)34-24)16-20-8-9-20)28-19(2)39-26(35-28)14-22(15-27(39)42-5)30(40)37-12-6-7-23(32)17-37/h10-11,13-15,18,20,23H,6-9,12,16-17,32H2,1-5H3,(H,33,41)/t18-,23-/m1/s1. The van der Waals surface area contributed by atoms with Crippen LogP contribution in [0.25, 0.3) is 28.1 Å². The van der Waals surface area contributed by atoms with Crippen LogP contribution in [0.3, 0.4) is 0 Å². The number of aromatic nitrogens is 4. The van der Waals surface area contributed by atoms with Gasteiger partial charge >= 0.3 is 6.03 Å².